The first kappa shape index (κ1) is 15.8. The molecule has 0 spiro atoms. The van der Waals surface area contributed by atoms with Gasteiger partial charge in [-0.25, -0.2) is 0 Å². The van der Waals surface area contributed by atoms with Gasteiger partial charge in [-0.1, -0.05) is 25.1 Å². The summed E-state index contributed by atoms with van der Waals surface area (Å²) in [6.07, 6.45) is 4.55. The van der Waals surface area contributed by atoms with Crippen molar-refractivity contribution in [2.24, 2.45) is 5.73 Å². The van der Waals surface area contributed by atoms with E-state index in [1.165, 1.54) is 12.8 Å². The predicted octanol–water partition coefficient (Wildman–Crippen LogP) is 2.38. The lowest BCUT2D eigenvalue weighted by Gasteiger charge is -2.15. The minimum atomic E-state index is -0.0564. The first-order valence-electron chi connectivity index (χ1n) is 7.30. The highest BCUT2D eigenvalue weighted by atomic mass is 32.1. The smallest absolute Gasteiger partial charge is 0.258 e. The van der Waals surface area contributed by atoms with Crippen molar-refractivity contribution in [3.05, 3.63) is 28.8 Å². The molecule has 1 fully saturated rings. The van der Waals surface area contributed by atoms with Gasteiger partial charge in [0.2, 0.25) is 0 Å². The first-order chi connectivity index (χ1) is 9.97. The van der Waals surface area contributed by atoms with E-state index in [9.17, 15) is 4.79 Å². The van der Waals surface area contributed by atoms with Crippen LogP contribution < -0.4 is 15.8 Å². The number of aryl methyl sites for hydroxylation is 2. The Labute approximate surface area is 131 Å². The Bertz CT molecular complexity index is 528. The summed E-state index contributed by atoms with van der Waals surface area (Å²) < 4.78 is 5.68. The molecule has 1 aromatic carbocycles. The van der Waals surface area contributed by atoms with Gasteiger partial charge in [0, 0.05) is 11.6 Å². The van der Waals surface area contributed by atoms with Crippen molar-refractivity contribution in [3.8, 4) is 5.75 Å². The summed E-state index contributed by atoms with van der Waals surface area (Å²) in [5.74, 6) is 0.677. The van der Waals surface area contributed by atoms with Crippen LogP contribution in [0.1, 0.15) is 42.4 Å². The largest absolute Gasteiger partial charge is 0.483 e. The molecule has 5 heteroatoms. The Morgan fingerprint density at radius 2 is 1.90 bits per heavy atom. The Kier molecular flexibility index (Phi) is 5.17. The molecule has 0 aliphatic heterocycles. The number of ether oxygens (including phenoxy) is 1. The molecule has 1 aromatic rings. The number of benzene rings is 1. The van der Waals surface area contributed by atoms with Crippen molar-refractivity contribution in [2.75, 3.05) is 6.61 Å². The summed E-state index contributed by atoms with van der Waals surface area (Å²) in [6.45, 7) is 3.91. The fraction of sp³-hybridized carbons (Fsp3) is 0.500. The number of hydrogen-bond acceptors (Lipinski definition) is 3. The van der Waals surface area contributed by atoms with Gasteiger partial charge < -0.3 is 15.8 Å². The summed E-state index contributed by atoms with van der Waals surface area (Å²) >= 11 is 4.98. The highest BCUT2D eigenvalue weighted by Gasteiger charge is 2.17. The number of nitrogens with two attached hydrogens (primary N) is 1. The number of carbonyl (C=O) groups is 1. The third kappa shape index (κ3) is 4.17. The maximum atomic E-state index is 11.9. The summed E-state index contributed by atoms with van der Waals surface area (Å²) in [6, 6.07) is 4.10. The summed E-state index contributed by atoms with van der Waals surface area (Å²) in [7, 11) is 0. The number of hydrogen-bond donors (Lipinski definition) is 2. The molecule has 1 aliphatic rings. The number of nitrogens with one attached hydrogen (secondary N) is 1. The minimum Gasteiger partial charge on any atom is -0.483 e. The fourth-order valence-electron chi connectivity index (χ4n) is 2.80. The Balaban J connectivity index is 1.96. The van der Waals surface area contributed by atoms with Crippen LogP contribution in [0.25, 0.3) is 0 Å². The maximum Gasteiger partial charge on any atom is 0.258 e. The van der Waals surface area contributed by atoms with E-state index in [0.29, 0.717) is 11.0 Å². The van der Waals surface area contributed by atoms with Crippen molar-refractivity contribution in [1.29, 1.82) is 0 Å². The Morgan fingerprint density at radius 1 is 1.33 bits per heavy atom. The second-order valence-corrected chi connectivity index (χ2v) is 6.08. The fourth-order valence-corrected chi connectivity index (χ4v) is 2.92. The van der Waals surface area contributed by atoms with Crippen LogP contribution in [0.3, 0.4) is 0 Å². The molecule has 0 bridgehead atoms. The molecule has 0 aromatic heterocycles. The highest BCUT2D eigenvalue weighted by Crippen LogP contribution is 2.25. The van der Waals surface area contributed by atoms with E-state index in [1.807, 2.05) is 26.0 Å². The molecule has 3 N–H and O–H groups in total. The highest BCUT2D eigenvalue weighted by molar-refractivity contribution is 7.80. The number of rotatable bonds is 5. The van der Waals surface area contributed by atoms with Crippen molar-refractivity contribution < 1.29 is 9.53 Å². The van der Waals surface area contributed by atoms with E-state index in [1.54, 1.807) is 0 Å². The standard InChI is InChI=1S/C16H22N2O2S/c1-10-7-12(16(17)21)8-11(2)15(10)20-9-14(19)18-13-5-3-4-6-13/h7-8,13H,3-6,9H2,1-2H3,(H2,17,21)(H,18,19). The van der Waals surface area contributed by atoms with E-state index >= 15 is 0 Å². The average Bonchev–Trinajstić information content (AvgIpc) is 2.90. The zero-order valence-corrected chi connectivity index (χ0v) is 13.4. The minimum absolute atomic E-state index is 0.0462. The average molecular weight is 306 g/mol. The second kappa shape index (κ2) is 6.89. The predicted molar refractivity (Wildman–Crippen MR) is 87.7 cm³/mol. The van der Waals surface area contributed by atoms with Crippen molar-refractivity contribution >= 4 is 23.1 Å². The molecule has 114 valence electrons. The molecule has 4 nitrogen and oxygen atoms in total. The molecule has 0 radical (unpaired) electrons. The van der Waals surface area contributed by atoms with Gasteiger partial charge in [0.05, 0.1) is 0 Å². The normalized spacial score (nSPS) is 15.0. The van der Waals surface area contributed by atoms with Gasteiger partial charge in [-0.15, -0.1) is 0 Å². The van der Waals surface area contributed by atoms with E-state index in [2.05, 4.69) is 5.32 Å². The lowest BCUT2D eigenvalue weighted by molar-refractivity contribution is -0.123. The molecular weight excluding hydrogens is 284 g/mol. The van der Waals surface area contributed by atoms with Crippen LogP contribution in [0, 0.1) is 13.8 Å². The van der Waals surface area contributed by atoms with Gasteiger partial charge in [0.25, 0.3) is 5.91 Å². The van der Waals surface area contributed by atoms with Gasteiger partial charge >= 0.3 is 0 Å². The number of carbonyl (C=O) groups excluding carboxylic acids is 1. The molecule has 1 amide bonds. The molecule has 2 rings (SSSR count). The zero-order chi connectivity index (χ0) is 15.4. The topological polar surface area (TPSA) is 64.3 Å². The Hall–Kier alpha value is -1.62. The molecule has 0 atom stereocenters. The first-order valence-corrected chi connectivity index (χ1v) is 7.71. The number of amides is 1. The van der Waals surface area contributed by atoms with Crippen LogP contribution in [0.5, 0.6) is 5.75 Å². The zero-order valence-electron chi connectivity index (χ0n) is 12.6. The van der Waals surface area contributed by atoms with Crippen LogP contribution >= 0.6 is 12.2 Å². The lowest BCUT2D eigenvalue weighted by atomic mass is 10.1. The summed E-state index contributed by atoms with van der Waals surface area (Å²) in [5, 5.41) is 3.01. The van der Waals surface area contributed by atoms with E-state index < -0.39 is 0 Å². The third-order valence-electron chi connectivity index (χ3n) is 3.81. The quantitative estimate of drug-likeness (QED) is 0.820. The van der Waals surface area contributed by atoms with Crippen LogP contribution in [0.2, 0.25) is 0 Å². The summed E-state index contributed by atoms with van der Waals surface area (Å²) in [4.78, 5) is 12.3. The number of thiocarbonyl (C=S) groups is 1. The van der Waals surface area contributed by atoms with Gasteiger partial charge in [-0.05, 0) is 49.9 Å². The van der Waals surface area contributed by atoms with E-state index in [4.69, 9.17) is 22.7 Å². The lowest BCUT2D eigenvalue weighted by Crippen LogP contribution is -2.36. The second-order valence-electron chi connectivity index (χ2n) is 5.64. The summed E-state index contributed by atoms with van der Waals surface area (Å²) in [5.41, 5.74) is 8.34. The van der Waals surface area contributed by atoms with E-state index in [0.717, 1.165) is 35.3 Å². The van der Waals surface area contributed by atoms with Crippen molar-refractivity contribution in [3.63, 3.8) is 0 Å². The van der Waals surface area contributed by atoms with Crippen LogP contribution in [0.15, 0.2) is 12.1 Å². The monoisotopic (exact) mass is 306 g/mol. The molecule has 1 saturated carbocycles. The maximum absolute atomic E-state index is 11.9. The van der Waals surface area contributed by atoms with Gasteiger partial charge in [0.1, 0.15) is 10.7 Å². The van der Waals surface area contributed by atoms with Gasteiger partial charge in [-0.3, -0.25) is 4.79 Å². The SMILES string of the molecule is Cc1cc(C(N)=S)cc(C)c1OCC(=O)NC1CCCC1. The van der Waals surface area contributed by atoms with Gasteiger partial charge in [0.15, 0.2) is 6.61 Å². The van der Waals surface area contributed by atoms with Crippen LogP contribution in [-0.4, -0.2) is 23.5 Å². The molecule has 0 saturated heterocycles. The van der Waals surface area contributed by atoms with Crippen LogP contribution in [0.4, 0.5) is 0 Å². The molecule has 1 aliphatic carbocycles. The van der Waals surface area contributed by atoms with E-state index in [-0.39, 0.29) is 12.5 Å². The molecular formula is C16H22N2O2S. The van der Waals surface area contributed by atoms with Crippen LogP contribution in [-0.2, 0) is 4.79 Å². The van der Waals surface area contributed by atoms with Crippen molar-refractivity contribution in [2.45, 2.75) is 45.6 Å². The molecule has 21 heavy (non-hydrogen) atoms. The molecule has 0 unspecified atom stereocenters. The Morgan fingerprint density at radius 3 is 2.43 bits per heavy atom. The third-order valence-corrected chi connectivity index (χ3v) is 4.05. The molecule has 0 heterocycles. The van der Waals surface area contributed by atoms with Gasteiger partial charge in [-0.2, -0.15) is 0 Å². The van der Waals surface area contributed by atoms with Crippen molar-refractivity contribution in [1.82, 2.24) is 5.32 Å².